The number of rotatable bonds is 3. The number of nitrogens with one attached hydrogen (secondary N) is 1. The summed E-state index contributed by atoms with van der Waals surface area (Å²) in [6, 6.07) is 6.51. The second-order valence-electron chi connectivity index (χ2n) is 5.19. The molecule has 1 aliphatic heterocycles. The van der Waals surface area contributed by atoms with Gasteiger partial charge in [0.15, 0.2) is 0 Å². The molecule has 0 radical (unpaired) electrons. The molecule has 17 heavy (non-hydrogen) atoms. The smallest absolute Gasteiger partial charge is 0.123 e. The van der Waals surface area contributed by atoms with E-state index in [1.165, 1.54) is 12.1 Å². The molecule has 1 aromatic carbocycles. The fraction of sp³-hybridized carbons (Fsp3) is 0.571. The summed E-state index contributed by atoms with van der Waals surface area (Å²) in [5.41, 5.74) is 0.129. The Morgan fingerprint density at radius 3 is 2.76 bits per heavy atom. The van der Waals surface area contributed by atoms with Gasteiger partial charge in [0.25, 0.3) is 0 Å². The maximum atomic E-state index is 13.1. The maximum absolute atomic E-state index is 13.1. The third kappa shape index (κ3) is 3.27. The lowest BCUT2D eigenvalue weighted by Gasteiger charge is -2.36. The van der Waals surface area contributed by atoms with Crippen LogP contribution in [0.5, 0.6) is 0 Å². The lowest BCUT2D eigenvalue weighted by Crippen LogP contribution is -2.43. The zero-order valence-corrected chi connectivity index (χ0v) is 10.2. The molecule has 0 aliphatic carbocycles. The van der Waals surface area contributed by atoms with Crippen LogP contribution in [0.1, 0.15) is 25.3 Å². The Kier molecular flexibility index (Phi) is 3.79. The summed E-state index contributed by atoms with van der Waals surface area (Å²) in [5.74, 6) is 0.0654. The molecule has 94 valence electrons. The molecule has 2 N–H and O–H groups in total. The Hall–Kier alpha value is -0.930. The molecule has 2 rings (SSSR count). The van der Waals surface area contributed by atoms with Crippen molar-refractivity contribution in [2.24, 2.45) is 5.92 Å². The van der Waals surface area contributed by atoms with Crippen LogP contribution in [-0.2, 0) is 6.42 Å². The first kappa shape index (κ1) is 12.5. The zero-order chi connectivity index (χ0) is 12.3. The van der Waals surface area contributed by atoms with Gasteiger partial charge in [-0.05, 0) is 56.5 Å². The molecule has 0 aromatic heterocycles. The van der Waals surface area contributed by atoms with Crippen molar-refractivity contribution in [2.75, 3.05) is 13.1 Å². The van der Waals surface area contributed by atoms with E-state index in [0.29, 0.717) is 12.3 Å². The summed E-state index contributed by atoms with van der Waals surface area (Å²) < 4.78 is 13.1. The summed E-state index contributed by atoms with van der Waals surface area (Å²) in [7, 11) is 0. The molecule has 0 spiro atoms. The average Bonchev–Trinajstić information content (AvgIpc) is 2.29. The van der Waals surface area contributed by atoms with Crippen LogP contribution in [0.15, 0.2) is 24.3 Å². The quantitative estimate of drug-likeness (QED) is 0.844. The van der Waals surface area contributed by atoms with Crippen molar-refractivity contribution < 1.29 is 9.50 Å². The maximum Gasteiger partial charge on any atom is 0.123 e. The van der Waals surface area contributed by atoms with E-state index in [1.54, 1.807) is 6.07 Å². The predicted molar refractivity (Wildman–Crippen MR) is 66.3 cm³/mol. The molecule has 1 unspecified atom stereocenters. The second-order valence-corrected chi connectivity index (χ2v) is 5.19. The molecule has 3 heteroatoms. The Morgan fingerprint density at radius 2 is 2.12 bits per heavy atom. The highest BCUT2D eigenvalue weighted by atomic mass is 19.1. The van der Waals surface area contributed by atoms with Crippen molar-refractivity contribution >= 4 is 0 Å². The van der Waals surface area contributed by atoms with Gasteiger partial charge in [-0.2, -0.15) is 0 Å². The summed E-state index contributed by atoms with van der Waals surface area (Å²) in [6.07, 6.45) is 2.50. The molecular weight excluding hydrogens is 217 g/mol. The number of hydrogen-bond donors (Lipinski definition) is 2. The van der Waals surface area contributed by atoms with E-state index in [-0.39, 0.29) is 5.82 Å². The molecule has 1 saturated heterocycles. The normalized spacial score (nSPS) is 21.1. The van der Waals surface area contributed by atoms with Crippen molar-refractivity contribution in [1.29, 1.82) is 0 Å². The highest BCUT2D eigenvalue weighted by Crippen LogP contribution is 2.29. The van der Waals surface area contributed by atoms with E-state index in [9.17, 15) is 9.50 Å². The number of benzene rings is 1. The average molecular weight is 237 g/mol. The van der Waals surface area contributed by atoms with Crippen molar-refractivity contribution in [3.8, 4) is 0 Å². The van der Waals surface area contributed by atoms with E-state index in [4.69, 9.17) is 0 Å². The van der Waals surface area contributed by atoms with Crippen molar-refractivity contribution in [3.05, 3.63) is 35.6 Å². The Balaban J connectivity index is 2.05. The van der Waals surface area contributed by atoms with Gasteiger partial charge in [0.05, 0.1) is 5.60 Å². The fourth-order valence-corrected chi connectivity index (χ4v) is 2.65. The zero-order valence-electron chi connectivity index (χ0n) is 10.2. The van der Waals surface area contributed by atoms with Crippen LogP contribution in [0.4, 0.5) is 4.39 Å². The van der Waals surface area contributed by atoms with Crippen LogP contribution in [0, 0.1) is 11.7 Å². The van der Waals surface area contributed by atoms with Crippen LogP contribution in [0.2, 0.25) is 0 Å². The van der Waals surface area contributed by atoms with Crippen molar-refractivity contribution in [1.82, 2.24) is 5.32 Å². The Labute approximate surface area is 102 Å². The number of piperidine rings is 1. The largest absolute Gasteiger partial charge is 0.390 e. The molecule has 0 saturated carbocycles. The van der Waals surface area contributed by atoms with Gasteiger partial charge in [0, 0.05) is 6.42 Å². The molecule has 2 nitrogen and oxygen atoms in total. The number of halogens is 1. The minimum atomic E-state index is -0.740. The van der Waals surface area contributed by atoms with Gasteiger partial charge in [0.2, 0.25) is 0 Å². The SMILES string of the molecule is CC(O)(Cc1cccc(F)c1)C1CCNCC1. The molecule has 1 atom stereocenters. The topological polar surface area (TPSA) is 32.3 Å². The van der Waals surface area contributed by atoms with Gasteiger partial charge < -0.3 is 10.4 Å². The molecule has 1 fully saturated rings. The minimum absolute atomic E-state index is 0.233. The van der Waals surface area contributed by atoms with Gasteiger partial charge >= 0.3 is 0 Å². The fourth-order valence-electron chi connectivity index (χ4n) is 2.65. The predicted octanol–water partition coefficient (Wildman–Crippen LogP) is 2.12. The van der Waals surface area contributed by atoms with Gasteiger partial charge in [-0.1, -0.05) is 12.1 Å². The molecule has 1 aliphatic rings. The summed E-state index contributed by atoms with van der Waals surface area (Å²) in [6.45, 7) is 3.79. The standard InChI is InChI=1S/C14H20FNO/c1-14(17,12-5-7-16-8-6-12)10-11-3-2-4-13(15)9-11/h2-4,9,12,16-17H,5-8,10H2,1H3. The molecular formula is C14H20FNO. The highest BCUT2D eigenvalue weighted by molar-refractivity contribution is 5.18. The monoisotopic (exact) mass is 237 g/mol. The number of hydrogen-bond acceptors (Lipinski definition) is 2. The molecule has 1 aromatic rings. The lowest BCUT2D eigenvalue weighted by molar-refractivity contribution is -0.0131. The van der Waals surface area contributed by atoms with Crippen LogP contribution >= 0.6 is 0 Å². The summed E-state index contributed by atoms with van der Waals surface area (Å²) >= 11 is 0. The third-order valence-corrected chi connectivity index (χ3v) is 3.67. The van der Waals surface area contributed by atoms with Gasteiger partial charge in [-0.3, -0.25) is 0 Å². The Bertz CT molecular complexity index is 372. The minimum Gasteiger partial charge on any atom is -0.390 e. The van der Waals surface area contributed by atoms with Crippen LogP contribution in [0.3, 0.4) is 0 Å². The van der Waals surface area contributed by atoms with Gasteiger partial charge in [0.1, 0.15) is 5.82 Å². The second kappa shape index (κ2) is 5.15. The van der Waals surface area contributed by atoms with E-state index in [0.717, 1.165) is 31.5 Å². The van der Waals surface area contributed by atoms with Crippen LogP contribution in [-0.4, -0.2) is 23.8 Å². The lowest BCUT2D eigenvalue weighted by atomic mass is 9.78. The first-order valence-electron chi connectivity index (χ1n) is 6.25. The van der Waals surface area contributed by atoms with Gasteiger partial charge in [-0.15, -0.1) is 0 Å². The van der Waals surface area contributed by atoms with Gasteiger partial charge in [-0.25, -0.2) is 4.39 Å². The van der Waals surface area contributed by atoms with E-state index >= 15 is 0 Å². The molecule has 1 heterocycles. The Morgan fingerprint density at radius 1 is 1.41 bits per heavy atom. The highest BCUT2D eigenvalue weighted by Gasteiger charge is 2.32. The molecule has 0 amide bonds. The van der Waals surface area contributed by atoms with Crippen molar-refractivity contribution in [2.45, 2.75) is 31.8 Å². The molecule has 0 bridgehead atoms. The summed E-state index contributed by atoms with van der Waals surface area (Å²) in [4.78, 5) is 0. The van der Waals surface area contributed by atoms with Crippen LogP contribution in [0.25, 0.3) is 0 Å². The van der Waals surface area contributed by atoms with E-state index in [2.05, 4.69) is 5.32 Å². The third-order valence-electron chi connectivity index (χ3n) is 3.67. The summed E-state index contributed by atoms with van der Waals surface area (Å²) in [5, 5.41) is 13.8. The van der Waals surface area contributed by atoms with Crippen LogP contribution < -0.4 is 5.32 Å². The first-order chi connectivity index (χ1) is 8.08. The number of aliphatic hydroxyl groups is 1. The first-order valence-corrected chi connectivity index (χ1v) is 6.25. The van der Waals surface area contributed by atoms with E-state index in [1.807, 2.05) is 13.0 Å². The van der Waals surface area contributed by atoms with E-state index < -0.39 is 5.60 Å². The van der Waals surface area contributed by atoms with Crippen molar-refractivity contribution in [3.63, 3.8) is 0 Å².